The number of nitrogens with zero attached hydrogens (tertiary/aromatic N) is 2. The molecule has 1 heterocycles. The number of nitrogens with two attached hydrogens (primary N) is 1. The van der Waals surface area contributed by atoms with Gasteiger partial charge in [-0.2, -0.15) is 0 Å². The molecule has 1 saturated heterocycles. The third kappa shape index (κ3) is 3.67. The minimum absolute atomic E-state index is 0.128. The number of hydrogen-bond donors (Lipinski definition) is 1. The first-order valence-corrected chi connectivity index (χ1v) is 6.58. The van der Waals surface area contributed by atoms with Gasteiger partial charge < -0.3 is 10.6 Å². The monoisotopic (exact) mass is 265 g/mol. The topological polar surface area (TPSA) is 49.6 Å². The predicted molar refractivity (Wildman–Crippen MR) is 73.0 cm³/mol. The summed E-state index contributed by atoms with van der Waals surface area (Å²) in [5, 5.41) is 0. The Balaban J connectivity index is 1.97. The Morgan fingerprint density at radius 2 is 2.11 bits per heavy atom. The molecule has 1 aromatic carbocycles. The van der Waals surface area contributed by atoms with Gasteiger partial charge in [-0.25, -0.2) is 4.39 Å². The summed E-state index contributed by atoms with van der Waals surface area (Å²) < 4.78 is 13.0. The van der Waals surface area contributed by atoms with Gasteiger partial charge in [-0.15, -0.1) is 0 Å². The number of carbonyl (C=O) groups excluding carboxylic acids is 1. The Kier molecular flexibility index (Phi) is 4.37. The van der Waals surface area contributed by atoms with Crippen molar-refractivity contribution in [2.45, 2.75) is 19.9 Å². The van der Waals surface area contributed by atoms with Crippen molar-refractivity contribution in [2.24, 2.45) is 0 Å². The highest BCUT2D eigenvalue weighted by molar-refractivity contribution is 5.73. The maximum Gasteiger partial charge on any atom is 0.219 e. The lowest BCUT2D eigenvalue weighted by atomic mass is 10.1. The zero-order valence-electron chi connectivity index (χ0n) is 11.2. The second-order valence-corrected chi connectivity index (χ2v) is 4.98. The summed E-state index contributed by atoms with van der Waals surface area (Å²) in [5.74, 6) is -0.178. The molecule has 0 aromatic heterocycles. The van der Waals surface area contributed by atoms with Crippen molar-refractivity contribution < 1.29 is 9.18 Å². The molecule has 1 aliphatic heterocycles. The van der Waals surface area contributed by atoms with E-state index in [1.807, 2.05) is 4.90 Å². The van der Waals surface area contributed by atoms with Crippen molar-refractivity contribution in [3.8, 4) is 0 Å². The van der Waals surface area contributed by atoms with Crippen molar-refractivity contribution in [3.05, 3.63) is 29.6 Å². The van der Waals surface area contributed by atoms with Crippen LogP contribution < -0.4 is 5.73 Å². The molecular formula is C14H20FN3O. The third-order valence-electron chi connectivity index (χ3n) is 3.54. The van der Waals surface area contributed by atoms with E-state index in [4.69, 9.17) is 5.73 Å². The van der Waals surface area contributed by atoms with Crippen LogP contribution in [0, 0.1) is 5.82 Å². The van der Waals surface area contributed by atoms with Gasteiger partial charge in [0.2, 0.25) is 5.91 Å². The molecule has 104 valence electrons. The molecule has 0 atom stereocenters. The van der Waals surface area contributed by atoms with Crippen molar-refractivity contribution >= 4 is 11.6 Å². The van der Waals surface area contributed by atoms with Gasteiger partial charge in [-0.3, -0.25) is 9.69 Å². The molecule has 0 saturated carbocycles. The van der Waals surface area contributed by atoms with Crippen LogP contribution in [0.1, 0.15) is 18.9 Å². The summed E-state index contributed by atoms with van der Waals surface area (Å²) in [5.41, 5.74) is 7.26. The van der Waals surface area contributed by atoms with Crippen LogP contribution in [0.25, 0.3) is 0 Å². The minimum atomic E-state index is -0.306. The van der Waals surface area contributed by atoms with Crippen molar-refractivity contribution in [1.82, 2.24) is 9.80 Å². The van der Waals surface area contributed by atoms with E-state index >= 15 is 0 Å². The fourth-order valence-corrected chi connectivity index (χ4v) is 2.39. The SMILES string of the molecule is CC(=O)N1CCCN(Cc2ccc(F)cc2N)CC1. The lowest BCUT2D eigenvalue weighted by Crippen LogP contribution is -2.33. The van der Waals surface area contributed by atoms with E-state index < -0.39 is 0 Å². The summed E-state index contributed by atoms with van der Waals surface area (Å²) in [7, 11) is 0. The third-order valence-corrected chi connectivity index (χ3v) is 3.54. The maximum absolute atomic E-state index is 13.0. The van der Waals surface area contributed by atoms with E-state index in [1.54, 1.807) is 13.0 Å². The Bertz CT molecular complexity index is 464. The molecule has 5 heteroatoms. The van der Waals surface area contributed by atoms with Crippen molar-refractivity contribution in [3.63, 3.8) is 0 Å². The molecule has 0 unspecified atom stereocenters. The van der Waals surface area contributed by atoms with Crippen LogP contribution in [-0.4, -0.2) is 41.9 Å². The number of nitrogen functional groups attached to an aromatic ring is 1. The fourth-order valence-electron chi connectivity index (χ4n) is 2.39. The maximum atomic E-state index is 13.0. The normalized spacial score (nSPS) is 17.3. The highest BCUT2D eigenvalue weighted by Crippen LogP contribution is 2.16. The van der Waals surface area contributed by atoms with Gasteiger partial charge in [0, 0.05) is 45.3 Å². The molecule has 19 heavy (non-hydrogen) atoms. The Morgan fingerprint density at radius 1 is 1.32 bits per heavy atom. The average Bonchev–Trinajstić information content (AvgIpc) is 2.58. The Hall–Kier alpha value is -1.62. The standard InChI is InChI=1S/C14H20FN3O/c1-11(19)18-6-2-5-17(7-8-18)10-12-3-4-13(15)9-14(12)16/h3-4,9H,2,5-8,10,16H2,1H3. The van der Waals surface area contributed by atoms with Gasteiger partial charge in [0.15, 0.2) is 0 Å². The average molecular weight is 265 g/mol. The number of rotatable bonds is 2. The number of anilines is 1. The smallest absolute Gasteiger partial charge is 0.219 e. The first-order valence-electron chi connectivity index (χ1n) is 6.58. The summed E-state index contributed by atoms with van der Waals surface area (Å²) in [6, 6.07) is 4.53. The fraction of sp³-hybridized carbons (Fsp3) is 0.500. The first kappa shape index (κ1) is 13.8. The summed E-state index contributed by atoms with van der Waals surface area (Å²) >= 11 is 0. The van der Waals surface area contributed by atoms with Crippen molar-refractivity contribution in [2.75, 3.05) is 31.9 Å². The zero-order chi connectivity index (χ0) is 13.8. The largest absolute Gasteiger partial charge is 0.398 e. The minimum Gasteiger partial charge on any atom is -0.398 e. The molecular weight excluding hydrogens is 245 g/mol. The number of hydrogen-bond acceptors (Lipinski definition) is 3. The van der Waals surface area contributed by atoms with Gasteiger partial charge in [0.1, 0.15) is 5.82 Å². The van der Waals surface area contributed by atoms with Crippen LogP contribution >= 0.6 is 0 Å². The van der Waals surface area contributed by atoms with E-state index in [0.717, 1.165) is 38.2 Å². The summed E-state index contributed by atoms with van der Waals surface area (Å²) in [6.07, 6.45) is 0.959. The molecule has 0 radical (unpaired) electrons. The highest BCUT2D eigenvalue weighted by Gasteiger charge is 2.17. The van der Waals surface area contributed by atoms with Gasteiger partial charge in [0.05, 0.1) is 0 Å². The molecule has 0 aliphatic carbocycles. The van der Waals surface area contributed by atoms with Crippen LogP contribution in [0.3, 0.4) is 0 Å². The van der Waals surface area contributed by atoms with Crippen LogP contribution in [0.15, 0.2) is 18.2 Å². The van der Waals surface area contributed by atoms with E-state index in [1.165, 1.54) is 12.1 Å². The number of amides is 1. The molecule has 1 amide bonds. The summed E-state index contributed by atoms with van der Waals surface area (Å²) in [4.78, 5) is 15.5. The Labute approximate surface area is 113 Å². The second kappa shape index (κ2) is 6.02. The lowest BCUT2D eigenvalue weighted by Gasteiger charge is -2.21. The zero-order valence-corrected chi connectivity index (χ0v) is 11.2. The van der Waals surface area contributed by atoms with E-state index in [0.29, 0.717) is 12.2 Å². The van der Waals surface area contributed by atoms with Crippen molar-refractivity contribution in [1.29, 1.82) is 0 Å². The first-order chi connectivity index (χ1) is 9.06. The highest BCUT2D eigenvalue weighted by atomic mass is 19.1. The molecule has 4 nitrogen and oxygen atoms in total. The predicted octanol–water partition coefficient (Wildman–Crippen LogP) is 1.46. The van der Waals surface area contributed by atoms with E-state index in [2.05, 4.69) is 4.90 Å². The number of halogens is 1. The molecule has 1 fully saturated rings. The second-order valence-electron chi connectivity index (χ2n) is 4.98. The van der Waals surface area contributed by atoms with Gasteiger partial charge >= 0.3 is 0 Å². The van der Waals surface area contributed by atoms with Crippen LogP contribution in [0.2, 0.25) is 0 Å². The molecule has 2 rings (SSSR count). The molecule has 2 N–H and O–H groups in total. The van der Waals surface area contributed by atoms with Crippen LogP contribution in [0.4, 0.5) is 10.1 Å². The lowest BCUT2D eigenvalue weighted by molar-refractivity contribution is -0.128. The van der Waals surface area contributed by atoms with Crippen LogP contribution in [-0.2, 0) is 11.3 Å². The summed E-state index contributed by atoms with van der Waals surface area (Å²) in [6.45, 7) is 5.63. The van der Waals surface area contributed by atoms with E-state index in [-0.39, 0.29) is 11.7 Å². The van der Waals surface area contributed by atoms with Gasteiger partial charge in [-0.1, -0.05) is 6.07 Å². The van der Waals surface area contributed by atoms with E-state index in [9.17, 15) is 9.18 Å². The molecule has 1 aromatic rings. The van der Waals surface area contributed by atoms with Gasteiger partial charge in [0.25, 0.3) is 0 Å². The number of benzene rings is 1. The Morgan fingerprint density at radius 3 is 2.79 bits per heavy atom. The number of carbonyl (C=O) groups is 1. The molecule has 0 bridgehead atoms. The van der Waals surface area contributed by atoms with Crippen LogP contribution in [0.5, 0.6) is 0 Å². The molecule has 0 spiro atoms. The van der Waals surface area contributed by atoms with Gasteiger partial charge in [-0.05, 0) is 24.1 Å². The quantitative estimate of drug-likeness (QED) is 0.824. The molecule has 1 aliphatic rings.